The zero-order chi connectivity index (χ0) is 11.1. The summed E-state index contributed by atoms with van der Waals surface area (Å²) in [5, 5.41) is 0. The number of unbranched alkanes of at least 4 members (excludes halogenated alkanes) is 5. The summed E-state index contributed by atoms with van der Waals surface area (Å²) in [5.74, 6) is 0. The molecule has 2 heteroatoms. The standard InChI is InChI=1S/C13H26O2/c1-4-5-6-7-8-9-10-13-14-11(2)12(3)15-13/h11-13H,4-10H2,1-3H3/t11-,12-/m1/s1. The smallest absolute Gasteiger partial charge is 0.158 e. The molecule has 0 unspecified atom stereocenters. The lowest BCUT2D eigenvalue weighted by Gasteiger charge is -2.09. The molecule has 0 aromatic heterocycles. The predicted octanol–water partition coefficient (Wildman–Crippen LogP) is 3.89. The van der Waals surface area contributed by atoms with Crippen LogP contribution >= 0.6 is 0 Å². The van der Waals surface area contributed by atoms with Gasteiger partial charge in [-0.05, 0) is 26.7 Å². The maximum absolute atomic E-state index is 5.68. The van der Waals surface area contributed by atoms with Crippen LogP contribution in [0.2, 0.25) is 0 Å². The van der Waals surface area contributed by atoms with E-state index in [1.54, 1.807) is 0 Å². The normalized spacial score (nSPS) is 27.4. The number of rotatable bonds is 7. The molecule has 1 fully saturated rings. The minimum atomic E-state index is 0.0705. The van der Waals surface area contributed by atoms with Gasteiger partial charge in [-0.15, -0.1) is 0 Å². The molecule has 0 amide bonds. The number of ether oxygens (including phenoxy) is 2. The summed E-state index contributed by atoms with van der Waals surface area (Å²) in [6.07, 6.45) is 9.71. The van der Waals surface area contributed by atoms with E-state index >= 15 is 0 Å². The number of hydrogen-bond acceptors (Lipinski definition) is 2. The Kier molecular flexibility index (Phi) is 6.26. The second-order valence-electron chi connectivity index (χ2n) is 4.67. The minimum absolute atomic E-state index is 0.0705. The van der Waals surface area contributed by atoms with Crippen LogP contribution in [0.1, 0.15) is 65.7 Å². The molecule has 0 aromatic carbocycles. The largest absolute Gasteiger partial charge is 0.347 e. The minimum Gasteiger partial charge on any atom is -0.347 e. The molecule has 2 atom stereocenters. The van der Waals surface area contributed by atoms with Gasteiger partial charge in [0.25, 0.3) is 0 Å². The van der Waals surface area contributed by atoms with Crippen LogP contribution in [-0.4, -0.2) is 18.5 Å². The molecule has 1 aliphatic heterocycles. The van der Waals surface area contributed by atoms with E-state index in [1.807, 2.05) is 0 Å². The van der Waals surface area contributed by atoms with Gasteiger partial charge in [-0.3, -0.25) is 0 Å². The zero-order valence-electron chi connectivity index (χ0n) is 10.5. The van der Waals surface area contributed by atoms with Gasteiger partial charge < -0.3 is 9.47 Å². The third kappa shape index (κ3) is 4.98. The lowest BCUT2D eigenvalue weighted by molar-refractivity contribution is -0.0681. The Hall–Kier alpha value is -0.0800. The predicted molar refractivity (Wildman–Crippen MR) is 62.9 cm³/mol. The van der Waals surface area contributed by atoms with Crippen molar-refractivity contribution in [2.75, 3.05) is 0 Å². The molecular formula is C13H26O2. The van der Waals surface area contributed by atoms with Crippen molar-refractivity contribution in [2.45, 2.75) is 84.2 Å². The van der Waals surface area contributed by atoms with Crippen LogP contribution in [0.5, 0.6) is 0 Å². The third-order valence-corrected chi connectivity index (χ3v) is 3.19. The summed E-state index contributed by atoms with van der Waals surface area (Å²) in [4.78, 5) is 0. The van der Waals surface area contributed by atoms with Gasteiger partial charge in [-0.1, -0.05) is 39.0 Å². The fourth-order valence-electron chi connectivity index (χ4n) is 1.96. The van der Waals surface area contributed by atoms with Crippen molar-refractivity contribution >= 4 is 0 Å². The van der Waals surface area contributed by atoms with Gasteiger partial charge in [0.05, 0.1) is 12.2 Å². The van der Waals surface area contributed by atoms with Gasteiger partial charge in [0.1, 0.15) is 0 Å². The molecule has 1 heterocycles. The molecule has 2 nitrogen and oxygen atoms in total. The average molecular weight is 214 g/mol. The highest BCUT2D eigenvalue weighted by Crippen LogP contribution is 2.22. The van der Waals surface area contributed by atoms with Crippen molar-refractivity contribution in [3.8, 4) is 0 Å². The van der Waals surface area contributed by atoms with Crippen LogP contribution < -0.4 is 0 Å². The second-order valence-corrected chi connectivity index (χ2v) is 4.67. The van der Waals surface area contributed by atoms with Gasteiger partial charge in [0, 0.05) is 0 Å². The molecule has 90 valence electrons. The van der Waals surface area contributed by atoms with Crippen molar-refractivity contribution in [1.29, 1.82) is 0 Å². The van der Waals surface area contributed by atoms with Gasteiger partial charge >= 0.3 is 0 Å². The molecule has 0 bridgehead atoms. The summed E-state index contributed by atoms with van der Waals surface area (Å²) in [6, 6.07) is 0. The first-order chi connectivity index (χ1) is 7.24. The monoisotopic (exact) mass is 214 g/mol. The van der Waals surface area contributed by atoms with Crippen LogP contribution in [0.15, 0.2) is 0 Å². The summed E-state index contributed by atoms with van der Waals surface area (Å²) in [6.45, 7) is 6.43. The first-order valence-electron chi connectivity index (χ1n) is 6.55. The Balaban J connectivity index is 1.92. The van der Waals surface area contributed by atoms with Gasteiger partial charge in [0.15, 0.2) is 6.29 Å². The van der Waals surface area contributed by atoms with E-state index in [4.69, 9.17) is 9.47 Å². The fraction of sp³-hybridized carbons (Fsp3) is 1.00. The molecule has 1 rings (SSSR count). The van der Waals surface area contributed by atoms with E-state index in [0.29, 0.717) is 0 Å². The topological polar surface area (TPSA) is 18.5 Å². The van der Waals surface area contributed by atoms with E-state index in [-0.39, 0.29) is 18.5 Å². The van der Waals surface area contributed by atoms with E-state index in [9.17, 15) is 0 Å². The van der Waals surface area contributed by atoms with E-state index in [0.717, 1.165) is 6.42 Å². The summed E-state index contributed by atoms with van der Waals surface area (Å²) in [5.41, 5.74) is 0. The highest BCUT2D eigenvalue weighted by atomic mass is 16.7. The van der Waals surface area contributed by atoms with Crippen LogP contribution in [0.25, 0.3) is 0 Å². The molecule has 0 aliphatic carbocycles. The molecule has 0 aromatic rings. The molecule has 15 heavy (non-hydrogen) atoms. The molecule has 0 radical (unpaired) electrons. The molecule has 0 spiro atoms. The Morgan fingerprint density at radius 1 is 0.800 bits per heavy atom. The van der Waals surface area contributed by atoms with Gasteiger partial charge in [0.2, 0.25) is 0 Å². The lowest BCUT2D eigenvalue weighted by atomic mass is 10.1. The highest BCUT2D eigenvalue weighted by Gasteiger charge is 2.28. The Labute approximate surface area is 94.3 Å². The highest BCUT2D eigenvalue weighted by molar-refractivity contribution is 4.69. The van der Waals surface area contributed by atoms with Gasteiger partial charge in [-0.25, -0.2) is 0 Å². The quantitative estimate of drug-likeness (QED) is 0.599. The van der Waals surface area contributed by atoms with E-state index < -0.39 is 0 Å². The zero-order valence-corrected chi connectivity index (χ0v) is 10.5. The summed E-state index contributed by atoms with van der Waals surface area (Å²) < 4.78 is 11.4. The first-order valence-corrected chi connectivity index (χ1v) is 6.55. The molecular weight excluding hydrogens is 188 g/mol. The average Bonchev–Trinajstić information content (AvgIpc) is 2.52. The third-order valence-electron chi connectivity index (χ3n) is 3.19. The molecule has 1 saturated heterocycles. The van der Waals surface area contributed by atoms with Crippen LogP contribution in [0.4, 0.5) is 0 Å². The fourth-order valence-corrected chi connectivity index (χ4v) is 1.96. The first kappa shape index (κ1) is 13.0. The van der Waals surface area contributed by atoms with E-state index in [2.05, 4.69) is 20.8 Å². The molecule has 1 aliphatic rings. The Morgan fingerprint density at radius 3 is 1.93 bits per heavy atom. The SMILES string of the molecule is CCCCCCCCC1O[C@H](C)[C@@H](C)O1. The van der Waals surface area contributed by atoms with Crippen molar-refractivity contribution in [2.24, 2.45) is 0 Å². The van der Waals surface area contributed by atoms with Crippen molar-refractivity contribution < 1.29 is 9.47 Å². The van der Waals surface area contributed by atoms with Crippen molar-refractivity contribution in [3.63, 3.8) is 0 Å². The lowest BCUT2D eigenvalue weighted by Crippen LogP contribution is -2.13. The summed E-state index contributed by atoms with van der Waals surface area (Å²) in [7, 11) is 0. The summed E-state index contributed by atoms with van der Waals surface area (Å²) >= 11 is 0. The number of hydrogen-bond donors (Lipinski definition) is 0. The van der Waals surface area contributed by atoms with Crippen molar-refractivity contribution in [3.05, 3.63) is 0 Å². The van der Waals surface area contributed by atoms with Crippen LogP contribution in [0.3, 0.4) is 0 Å². The Morgan fingerprint density at radius 2 is 1.33 bits per heavy atom. The van der Waals surface area contributed by atoms with Gasteiger partial charge in [-0.2, -0.15) is 0 Å². The Bertz CT molecular complexity index is 149. The van der Waals surface area contributed by atoms with Crippen LogP contribution in [0, 0.1) is 0 Å². The maximum atomic E-state index is 5.68. The molecule has 0 saturated carbocycles. The van der Waals surface area contributed by atoms with Crippen molar-refractivity contribution in [1.82, 2.24) is 0 Å². The van der Waals surface area contributed by atoms with E-state index in [1.165, 1.54) is 38.5 Å². The van der Waals surface area contributed by atoms with Crippen LogP contribution in [-0.2, 0) is 9.47 Å². The molecule has 0 N–H and O–H groups in total. The second kappa shape index (κ2) is 7.24. The maximum Gasteiger partial charge on any atom is 0.158 e.